The molecule has 4 atom stereocenters. The highest BCUT2D eigenvalue weighted by Gasteiger charge is 2.40. The van der Waals surface area contributed by atoms with Gasteiger partial charge in [0.15, 0.2) is 0 Å². The first-order chi connectivity index (χ1) is 22.2. The van der Waals surface area contributed by atoms with E-state index in [2.05, 4.69) is 27.7 Å². The minimum absolute atomic E-state index is 0.0750. The lowest BCUT2D eigenvalue weighted by atomic mass is 10.0. The van der Waals surface area contributed by atoms with Gasteiger partial charge in [0.2, 0.25) is 0 Å². The van der Waals surface area contributed by atoms with Gasteiger partial charge in [0.1, 0.15) is 13.2 Å². The van der Waals surface area contributed by atoms with E-state index >= 15 is 0 Å². The Hall–Kier alpha value is -2.08. The molecule has 46 heavy (non-hydrogen) atoms. The first-order valence-corrected chi connectivity index (χ1v) is 17.5. The maximum Gasteiger partial charge on any atom is 0.354 e. The molecule has 0 saturated heterocycles. The lowest BCUT2D eigenvalue weighted by Gasteiger charge is -2.33. The second kappa shape index (κ2) is 24.1. The van der Waals surface area contributed by atoms with Crippen molar-refractivity contribution >= 4 is 11.9 Å². The second-order valence-electron chi connectivity index (χ2n) is 11.3. The lowest BCUT2D eigenvalue weighted by molar-refractivity contribution is -0.373. The summed E-state index contributed by atoms with van der Waals surface area (Å²) < 4.78 is 46.9. The van der Waals surface area contributed by atoms with Crippen LogP contribution in [-0.2, 0) is 37.9 Å². The minimum Gasteiger partial charge on any atom is -0.402 e. The van der Waals surface area contributed by atoms with E-state index < -0.39 is 23.9 Å². The highest BCUT2D eigenvalue weighted by atomic mass is 16.9. The molecule has 0 saturated carbocycles. The summed E-state index contributed by atoms with van der Waals surface area (Å²) in [6.07, 6.45) is 8.24. The van der Waals surface area contributed by atoms with Gasteiger partial charge in [0, 0.05) is 13.2 Å². The molecule has 4 unspecified atom stereocenters. The zero-order chi connectivity index (χ0) is 34.3. The second-order valence-corrected chi connectivity index (χ2v) is 11.3. The quantitative estimate of drug-likeness (QED) is 0.0653. The van der Waals surface area contributed by atoms with Gasteiger partial charge in [0.05, 0.1) is 37.6 Å². The summed E-state index contributed by atoms with van der Waals surface area (Å²) in [4.78, 5) is 26.7. The highest BCUT2D eigenvalue weighted by Crippen LogP contribution is 2.25. The smallest absolute Gasteiger partial charge is 0.354 e. The number of ether oxygens (including phenoxy) is 8. The summed E-state index contributed by atoms with van der Waals surface area (Å²) in [6, 6.07) is 5.98. The van der Waals surface area contributed by atoms with Gasteiger partial charge in [0.25, 0.3) is 0 Å². The molecule has 0 amide bonds. The first kappa shape index (κ1) is 41.9. The van der Waals surface area contributed by atoms with Crippen LogP contribution in [-0.4, -0.2) is 76.7 Å². The third-order valence-corrected chi connectivity index (χ3v) is 7.71. The van der Waals surface area contributed by atoms with Crippen molar-refractivity contribution in [2.24, 2.45) is 11.8 Å². The van der Waals surface area contributed by atoms with Crippen molar-refractivity contribution in [1.82, 2.24) is 0 Å². The number of unbranched alkanes of at least 4 members (excludes halogenated alkanes) is 2. The van der Waals surface area contributed by atoms with Crippen molar-refractivity contribution in [2.75, 3.05) is 52.9 Å². The number of rotatable bonds is 28. The van der Waals surface area contributed by atoms with Crippen LogP contribution in [0.4, 0.5) is 0 Å². The van der Waals surface area contributed by atoms with Crippen molar-refractivity contribution in [1.29, 1.82) is 0 Å². The van der Waals surface area contributed by atoms with E-state index in [1.54, 1.807) is 13.8 Å². The fourth-order valence-corrected chi connectivity index (χ4v) is 4.75. The van der Waals surface area contributed by atoms with Crippen LogP contribution in [0.3, 0.4) is 0 Å². The van der Waals surface area contributed by atoms with Crippen LogP contribution >= 0.6 is 0 Å². The zero-order valence-electron chi connectivity index (χ0n) is 29.9. The van der Waals surface area contributed by atoms with Gasteiger partial charge in [-0.05, 0) is 76.6 Å². The van der Waals surface area contributed by atoms with E-state index in [1.165, 1.54) is 24.3 Å². The minimum atomic E-state index is -1.69. The van der Waals surface area contributed by atoms with Gasteiger partial charge < -0.3 is 37.9 Å². The predicted molar refractivity (Wildman–Crippen MR) is 177 cm³/mol. The van der Waals surface area contributed by atoms with E-state index in [4.69, 9.17) is 37.9 Å². The molecule has 0 aliphatic rings. The van der Waals surface area contributed by atoms with Crippen molar-refractivity contribution in [2.45, 2.75) is 119 Å². The van der Waals surface area contributed by atoms with Crippen LogP contribution in [0.2, 0.25) is 0 Å². The van der Waals surface area contributed by atoms with Crippen molar-refractivity contribution in [3.05, 3.63) is 35.4 Å². The number of benzene rings is 1. The van der Waals surface area contributed by atoms with Gasteiger partial charge in [-0.3, -0.25) is 0 Å². The topological polar surface area (TPSA) is 108 Å². The van der Waals surface area contributed by atoms with Crippen LogP contribution in [0.15, 0.2) is 24.3 Å². The molecule has 10 heteroatoms. The standard InChI is InChI=1S/C36H62O10/c1-9-17-19-29(11-3)25-43-35(41-15-7,27-39-13-5)45-33(37)31-21-23-32(24-22-31)34(38)46-36(42-16-8,28-40-14-6)44-26-30(12-4)20-18-10-2/h21-24,29-30H,9-20,25-28H2,1-8H3. The number of hydrogen-bond donors (Lipinski definition) is 0. The Morgan fingerprint density at radius 2 is 0.935 bits per heavy atom. The molecule has 0 N–H and O–H groups in total. The third-order valence-electron chi connectivity index (χ3n) is 7.71. The molecule has 0 aromatic heterocycles. The summed E-state index contributed by atoms with van der Waals surface area (Å²) in [5.41, 5.74) is 0.421. The summed E-state index contributed by atoms with van der Waals surface area (Å²) in [5, 5.41) is 0. The molecule has 266 valence electrons. The largest absolute Gasteiger partial charge is 0.402 e. The Morgan fingerprint density at radius 3 is 1.22 bits per heavy atom. The molecule has 1 rings (SSSR count). The molecule has 0 heterocycles. The first-order valence-electron chi connectivity index (χ1n) is 17.5. The normalized spacial score (nSPS) is 15.5. The Bertz CT molecular complexity index is 864. The van der Waals surface area contributed by atoms with E-state index in [0.29, 0.717) is 38.3 Å². The molecule has 0 fully saturated rings. The Kier molecular flexibility index (Phi) is 22.0. The molecule has 0 aliphatic heterocycles. The average molecular weight is 655 g/mol. The van der Waals surface area contributed by atoms with Gasteiger partial charge in [-0.15, -0.1) is 0 Å². The number of carbonyl (C=O) groups excluding carboxylic acids is 2. The van der Waals surface area contributed by atoms with Crippen LogP contribution in [0.5, 0.6) is 0 Å². The highest BCUT2D eigenvalue weighted by molar-refractivity contribution is 5.93. The Morgan fingerprint density at radius 1 is 0.565 bits per heavy atom. The van der Waals surface area contributed by atoms with Crippen molar-refractivity contribution in [3.8, 4) is 0 Å². The lowest BCUT2D eigenvalue weighted by Crippen LogP contribution is -2.46. The zero-order valence-corrected chi connectivity index (χ0v) is 29.9. The molecule has 0 spiro atoms. The summed E-state index contributed by atoms with van der Waals surface area (Å²) in [5.74, 6) is -4.14. The van der Waals surface area contributed by atoms with Crippen LogP contribution in [0.1, 0.15) is 127 Å². The number of hydrogen-bond acceptors (Lipinski definition) is 10. The van der Waals surface area contributed by atoms with E-state index in [9.17, 15) is 9.59 Å². The van der Waals surface area contributed by atoms with Gasteiger partial charge in [-0.1, -0.05) is 66.2 Å². The molecule has 0 radical (unpaired) electrons. The summed E-state index contributed by atoms with van der Waals surface area (Å²) in [7, 11) is 0. The molecule has 10 nitrogen and oxygen atoms in total. The van der Waals surface area contributed by atoms with Gasteiger partial charge in [-0.25, -0.2) is 9.59 Å². The third kappa shape index (κ3) is 15.2. The average Bonchev–Trinajstić information content (AvgIpc) is 3.06. The van der Waals surface area contributed by atoms with E-state index in [1.807, 2.05) is 13.8 Å². The fourth-order valence-electron chi connectivity index (χ4n) is 4.75. The van der Waals surface area contributed by atoms with Crippen LogP contribution in [0.25, 0.3) is 0 Å². The van der Waals surface area contributed by atoms with Crippen molar-refractivity contribution in [3.63, 3.8) is 0 Å². The summed E-state index contributed by atoms with van der Waals surface area (Å²) >= 11 is 0. The van der Waals surface area contributed by atoms with Crippen LogP contribution < -0.4 is 0 Å². The SMILES string of the molecule is CCCCC(CC)COC(COCC)(OCC)OC(=O)c1ccc(C(=O)OC(COCC)(OCC)OCC(CC)CCCC)cc1. The van der Waals surface area contributed by atoms with Crippen molar-refractivity contribution < 1.29 is 47.5 Å². The predicted octanol–water partition coefficient (Wildman–Crippen LogP) is 7.92. The van der Waals surface area contributed by atoms with Crippen LogP contribution in [0, 0.1) is 11.8 Å². The Labute approximate surface area is 278 Å². The molecular formula is C36H62O10. The van der Waals surface area contributed by atoms with E-state index in [0.717, 1.165) is 51.4 Å². The maximum atomic E-state index is 13.3. The summed E-state index contributed by atoms with van der Waals surface area (Å²) in [6.45, 7) is 17.7. The Balaban J connectivity index is 3.13. The molecule has 0 aliphatic carbocycles. The molecule has 1 aromatic carbocycles. The number of esters is 2. The monoisotopic (exact) mass is 654 g/mol. The molecular weight excluding hydrogens is 592 g/mol. The fraction of sp³-hybridized carbons (Fsp3) is 0.778. The molecule has 0 bridgehead atoms. The number of carbonyl (C=O) groups is 2. The van der Waals surface area contributed by atoms with Gasteiger partial charge >= 0.3 is 23.9 Å². The van der Waals surface area contributed by atoms with E-state index in [-0.39, 0.29) is 37.6 Å². The maximum absolute atomic E-state index is 13.3. The van der Waals surface area contributed by atoms with Gasteiger partial charge in [-0.2, -0.15) is 0 Å². The molecule has 1 aromatic rings.